The number of hydrogen-bond acceptors (Lipinski definition) is 5. The lowest BCUT2D eigenvalue weighted by molar-refractivity contribution is 0.0943. The quantitative estimate of drug-likeness (QED) is 0.391. The number of rotatable bonds is 7. The van der Waals surface area contributed by atoms with Crippen molar-refractivity contribution < 1.29 is 14.3 Å². The van der Waals surface area contributed by atoms with Gasteiger partial charge in [-0.1, -0.05) is 30.3 Å². The average molecular weight is 516 g/mol. The number of methoxy groups -OCH3 is 1. The van der Waals surface area contributed by atoms with Gasteiger partial charge in [0.2, 0.25) is 0 Å². The molecule has 200 valence electrons. The van der Waals surface area contributed by atoms with Crippen LogP contribution in [0.25, 0.3) is 0 Å². The van der Waals surface area contributed by atoms with E-state index in [1.807, 2.05) is 76.2 Å². The van der Waals surface area contributed by atoms with E-state index in [9.17, 15) is 9.59 Å². The van der Waals surface area contributed by atoms with E-state index in [1.165, 1.54) is 0 Å². The van der Waals surface area contributed by atoms with E-state index in [4.69, 9.17) is 4.74 Å². The van der Waals surface area contributed by atoms with Gasteiger partial charge in [-0.05, 0) is 69.2 Å². The number of amides is 3. The maximum atomic E-state index is 13.2. The number of carbonyl (C=O) groups excluding carboxylic acids is 2. The largest absolute Gasteiger partial charge is 0.495 e. The van der Waals surface area contributed by atoms with Gasteiger partial charge in [0.25, 0.3) is 5.91 Å². The third-order valence-corrected chi connectivity index (χ3v) is 6.68. The molecule has 8 nitrogen and oxygen atoms in total. The monoisotopic (exact) mass is 515 g/mol. The fourth-order valence-corrected chi connectivity index (χ4v) is 4.78. The molecule has 0 atom stereocenters. The lowest BCUT2D eigenvalue weighted by Gasteiger charge is -2.38. The van der Waals surface area contributed by atoms with E-state index in [0.717, 1.165) is 60.1 Å². The highest BCUT2D eigenvalue weighted by atomic mass is 16.5. The van der Waals surface area contributed by atoms with Crippen LogP contribution in [0.2, 0.25) is 0 Å². The smallest absolute Gasteiger partial charge is 0.323 e. The number of urea groups is 1. The van der Waals surface area contributed by atoms with Crippen molar-refractivity contribution in [3.8, 4) is 5.75 Å². The van der Waals surface area contributed by atoms with Crippen molar-refractivity contribution >= 4 is 34.7 Å². The van der Waals surface area contributed by atoms with Crippen LogP contribution in [0.15, 0.2) is 60.7 Å². The molecule has 1 aliphatic heterocycles. The Balaban J connectivity index is 1.52. The van der Waals surface area contributed by atoms with Crippen molar-refractivity contribution in [1.82, 2.24) is 5.32 Å². The fourth-order valence-electron chi connectivity index (χ4n) is 4.78. The number of ether oxygens (including phenoxy) is 1. The van der Waals surface area contributed by atoms with E-state index in [-0.39, 0.29) is 18.0 Å². The molecule has 0 unspecified atom stereocenters. The van der Waals surface area contributed by atoms with Crippen molar-refractivity contribution in [3.05, 3.63) is 77.4 Å². The standard InChI is InChI=1S/C30H37N5O3/c1-20(2)31-29(36)24-19-23(32-30(37)33-28-21(3)9-8-10-22(28)4)13-14-25(24)34-15-17-35(18-16-34)26-11-6-7-12-27(26)38-5/h6-14,19-20H,15-18H2,1-5H3,(H,31,36)(H2,32,33,37). The molecule has 3 aromatic rings. The molecule has 1 fully saturated rings. The molecular formula is C30H37N5O3. The van der Waals surface area contributed by atoms with Crippen molar-refractivity contribution in [2.75, 3.05) is 53.7 Å². The molecule has 0 saturated carbocycles. The first-order chi connectivity index (χ1) is 18.3. The summed E-state index contributed by atoms with van der Waals surface area (Å²) in [5, 5.41) is 8.84. The highest BCUT2D eigenvalue weighted by Crippen LogP contribution is 2.31. The van der Waals surface area contributed by atoms with E-state index >= 15 is 0 Å². The zero-order valence-electron chi connectivity index (χ0n) is 22.8. The Labute approximate surface area is 225 Å². The van der Waals surface area contributed by atoms with Crippen LogP contribution in [-0.4, -0.2) is 51.3 Å². The average Bonchev–Trinajstić information content (AvgIpc) is 2.90. The Hall–Kier alpha value is -4.20. The van der Waals surface area contributed by atoms with E-state index in [2.05, 4.69) is 31.8 Å². The van der Waals surface area contributed by atoms with Gasteiger partial charge in [0, 0.05) is 49.3 Å². The Kier molecular flexibility index (Phi) is 8.41. The number of hydrogen-bond donors (Lipinski definition) is 3. The SMILES string of the molecule is COc1ccccc1N1CCN(c2ccc(NC(=O)Nc3c(C)cccc3C)cc2C(=O)NC(C)C)CC1. The number of aryl methyl sites for hydroxylation is 2. The molecule has 8 heteroatoms. The molecule has 3 N–H and O–H groups in total. The number of carbonyl (C=O) groups is 2. The molecule has 1 heterocycles. The van der Waals surface area contributed by atoms with Gasteiger partial charge < -0.3 is 30.5 Å². The summed E-state index contributed by atoms with van der Waals surface area (Å²) < 4.78 is 5.54. The Bertz CT molecular complexity index is 1280. The lowest BCUT2D eigenvalue weighted by atomic mass is 10.1. The zero-order chi connectivity index (χ0) is 27.2. The third kappa shape index (κ3) is 6.19. The number of nitrogens with one attached hydrogen (secondary N) is 3. The molecule has 38 heavy (non-hydrogen) atoms. The van der Waals surface area contributed by atoms with Crippen LogP contribution in [-0.2, 0) is 0 Å². The first-order valence-electron chi connectivity index (χ1n) is 13.0. The summed E-state index contributed by atoms with van der Waals surface area (Å²) in [6, 6.07) is 19.1. The van der Waals surface area contributed by atoms with Gasteiger partial charge in [0.1, 0.15) is 5.75 Å². The van der Waals surface area contributed by atoms with E-state index in [0.29, 0.717) is 11.3 Å². The number of anilines is 4. The van der Waals surface area contributed by atoms with Crippen molar-refractivity contribution in [3.63, 3.8) is 0 Å². The summed E-state index contributed by atoms with van der Waals surface area (Å²) in [5.41, 5.74) is 5.77. The molecule has 0 spiro atoms. The molecule has 1 aliphatic rings. The minimum atomic E-state index is -0.351. The van der Waals surface area contributed by atoms with Crippen LogP contribution in [0.5, 0.6) is 5.75 Å². The minimum Gasteiger partial charge on any atom is -0.495 e. The van der Waals surface area contributed by atoms with Crippen LogP contribution in [0.1, 0.15) is 35.3 Å². The predicted octanol–water partition coefficient (Wildman–Crippen LogP) is 5.42. The van der Waals surface area contributed by atoms with Gasteiger partial charge in [-0.15, -0.1) is 0 Å². The second-order valence-corrected chi connectivity index (χ2v) is 9.85. The van der Waals surface area contributed by atoms with Gasteiger partial charge in [-0.25, -0.2) is 4.79 Å². The first kappa shape index (κ1) is 26.9. The summed E-state index contributed by atoms with van der Waals surface area (Å²) in [5.74, 6) is 0.688. The molecule has 3 aromatic carbocycles. The molecule has 0 radical (unpaired) electrons. The highest BCUT2D eigenvalue weighted by molar-refractivity contribution is 6.04. The van der Waals surface area contributed by atoms with Gasteiger partial charge in [0.05, 0.1) is 18.4 Å². The van der Waals surface area contributed by atoms with Gasteiger partial charge in [0.15, 0.2) is 0 Å². The summed E-state index contributed by atoms with van der Waals surface area (Å²) in [4.78, 5) is 30.5. The topological polar surface area (TPSA) is 85.9 Å². The molecule has 4 rings (SSSR count). The molecule has 3 amide bonds. The van der Waals surface area contributed by atoms with Crippen molar-refractivity contribution in [2.45, 2.75) is 33.7 Å². The summed E-state index contributed by atoms with van der Waals surface area (Å²) >= 11 is 0. The van der Waals surface area contributed by atoms with Gasteiger partial charge in [-0.2, -0.15) is 0 Å². The summed E-state index contributed by atoms with van der Waals surface area (Å²) in [6.45, 7) is 10.9. The van der Waals surface area contributed by atoms with Gasteiger partial charge in [-0.3, -0.25) is 4.79 Å². The number of benzene rings is 3. The minimum absolute atomic E-state index is 0.0123. The van der Waals surface area contributed by atoms with Crippen LogP contribution >= 0.6 is 0 Å². The predicted molar refractivity (Wildman–Crippen MR) is 155 cm³/mol. The van der Waals surface area contributed by atoms with Crippen LogP contribution in [0.4, 0.5) is 27.5 Å². The van der Waals surface area contributed by atoms with Crippen molar-refractivity contribution in [1.29, 1.82) is 0 Å². The molecular weight excluding hydrogens is 478 g/mol. The third-order valence-electron chi connectivity index (χ3n) is 6.68. The summed E-state index contributed by atoms with van der Waals surface area (Å²) in [7, 11) is 1.69. The Morgan fingerprint density at radius 2 is 1.45 bits per heavy atom. The maximum Gasteiger partial charge on any atom is 0.323 e. The Morgan fingerprint density at radius 1 is 0.816 bits per heavy atom. The normalized spacial score (nSPS) is 13.3. The molecule has 0 aromatic heterocycles. The molecule has 0 aliphatic carbocycles. The highest BCUT2D eigenvalue weighted by Gasteiger charge is 2.24. The number of para-hydroxylation sites is 3. The lowest BCUT2D eigenvalue weighted by Crippen LogP contribution is -2.47. The second-order valence-electron chi connectivity index (χ2n) is 9.85. The van der Waals surface area contributed by atoms with Crippen molar-refractivity contribution in [2.24, 2.45) is 0 Å². The zero-order valence-corrected chi connectivity index (χ0v) is 22.8. The number of piperazine rings is 1. The van der Waals surface area contributed by atoms with E-state index in [1.54, 1.807) is 13.2 Å². The molecule has 0 bridgehead atoms. The molecule has 1 saturated heterocycles. The second kappa shape index (κ2) is 11.9. The van der Waals surface area contributed by atoms with Crippen LogP contribution in [0, 0.1) is 13.8 Å². The van der Waals surface area contributed by atoms with Crippen LogP contribution in [0.3, 0.4) is 0 Å². The fraction of sp³-hybridized carbons (Fsp3) is 0.333. The summed E-state index contributed by atoms with van der Waals surface area (Å²) in [6.07, 6.45) is 0. The van der Waals surface area contributed by atoms with E-state index < -0.39 is 0 Å². The van der Waals surface area contributed by atoms with Crippen LogP contribution < -0.4 is 30.5 Å². The Morgan fingerprint density at radius 3 is 2.08 bits per heavy atom. The maximum absolute atomic E-state index is 13.2. The van der Waals surface area contributed by atoms with Gasteiger partial charge >= 0.3 is 6.03 Å². The first-order valence-corrected chi connectivity index (χ1v) is 13.0. The number of nitrogens with zero attached hydrogens (tertiary/aromatic N) is 2.